The van der Waals surface area contributed by atoms with Crippen molar-refractivity contribution < 1.29 is 13.2 Å². The topological polar surface area (TPSA) is 75.3 Å². The predicted molar refractivity (Wildman–Crippen MR) is 92.6 cm³/mol. The van der Waals surface area contributed by atoms with Gasteiger partial charge in [-0.3, -0.25) is 9.52 Å². The lowest BCUT2D eigenvalue weighted by Gasteiger charge is -2.21. The Hall–Kier alpha value is -1.56. The third-order valence-corrected chi connectivity index (χ3v) is 4.83. The Morgan fingerprint density at radius 1 is 1.22 bits per heavy atom. The molecule has 1 saturated carbocycles. The van der Waals surface area contributed by atoms with Gasteiger partial charge >= 0.3 is 0 Å². The third-order valence-electron chi connectivity index (χ3n) is 4.22. The lowest BCUT2D eigenvalue weighted by Crippen LogP contribution is -2.23. The molecular weight excluding hydrogens is 312 g/mol. The molecule has 0 aliphatic heterocycles. The Morgan fingerprint density at radius 2 is 1.96 bits per heavy atom. The zero-order valence-corrected chi connectivity index (χ0v) is 14.5. The minimum Gasteiger partial charge on any atom is -0.352 e. The van der Waals surface area contributed by atoms with Crippen molar-refractivity contribution >= 4 is 21.6 Å². The molecule has 0 unspecified atom stereocenters. The summed E-state index contributed by atoms with van der Waals surface area (Å²) in [5.41, 5.74) is 1.39. The van der Waals surface area contributed by atoms with Crippen molar-refractivity contribution in [3.8, 4) is 0 Å². The second-order valence-corrected chi connectivity index (χ2v) is 8.14. The maximum absolute atomic E-state index is 12.0. The van der Waals surface area contributed by atoms with Gasteiger partial charge < -0.3 is 5.32 Å². The van der Waals surface area contributed by atoms with Crippen LogP contribution >= 0.6 is 0 Å². The highest BCUT2D eigenvalue weighted by Gasteiger charge is 2.14. The minimum atomic E-state index is -3.28. The van der Waals surface area contributed by atoms with Gasteiger partial charge in [-0.15, -0.1) is 0 Å². The lowest BCUT2D eigenvalue weighted by molar-refractivity contribution is -0.121. The van der Waals surface area contributed by atoms with E-state index in [1.54, 1.807) is 18.2 Å². The number of rotatable bonds is 7. The van der Waals surface area contributed by atoms with E-state index in [1.807, 2.05) is 6.07 Å². The van der Waals surface area contributed by atoms with E-state index in [0.29, 0.717) is 24.6 Å². The molecule has 0 radical (unpaired) electrons. The molecule has 2 rings (SSSR count). The standard InChI is InChI=1S/C17H26N2O3S/c1-23(21,22)19-16-9-5-8-15(12-16)13-18-17(20)11-10-14-6-3-2-4-7-14/h5,8-9,12,14,19H,2-4,6-7,10-11,13H2,1H3,(H,18,20). The molecule has 1 aliphatic rings. The molecule has 0 bridgehead atoms. The highest BCUT2D eigenvalue weighted by Crippen LogP contribution is 2.27. The van der Waals surface area contributed by atoms with Gasteiger partial charge in [0.2, 0.25) is 15.9 Å². The molecule has 5 nitrogen and oxygen atoms in total. The Bertz CT molecular complexity index is 622. The monoisotopic (exact) mass is 338 g/mol. The molecule has 0 atom stereocenters. The zero-order valence-electron chi connectivity index (χ0n) is 13.7. The summed E-state index contributed by atoms with van der Waals surface area (Å²) in [5.74, 6) is 0.772. The van der Waals surface area contributed by atoms with Crippen molar-refractivity contribution in [3.63, 3.8) is 0 Å². The van der Waals surface area contributed by atoms with Gasteiger partial charge in [0, 0.05) is 18.7 Å². The first-order valence-electron chi connectivity index (χ1n) is 8.26. The summed E-state index contributed by atoms with van der Waals surface area (Å²) in [5, 5.41) is 2.91. The molecule has 2 N–H and O–H groups in total. The number of amides is 1. The van der Waals surface area contributed by atoms with Gasteiger partial charge in [0.25, 0.3) is 0 Å². The summed E-state index contributed by atoms with van der Waals surface area (Å²) in [6.07, 6.45) is 9.11. The van der Waals surface area contributed by atoms with Crippen LogP contribution in [-0.2, 0) is 21.4 Å². The molecule has 6 heteroatoms. The number of benzene rings is 1. The largest absolute Gasteiger partial charge is 0.352 e. The number of nitrogens with one attached hydrogen (secondary N) is 2. The maximum atomic E-state index is 12.0. The summed E-state index contributed by atoms with van der Waals surface area (Å²) in [7, 11) is -3.28. The molecule has 23 heavy (non-hydrogen) atoms. The smallest absolute Gasteiger partial charge is 0.229 e. The second kappa shape index (κ2) is 8.34. The van der Waals surface area contributed by atoms with Crippen LogP contribution in [0.15, 0.2) is 24.3 Å². The van der Waals surface area contributed by atoms with Crippen LogP contribution in [0.5, 0.6) is 0 Å². The normalized spacial score (nSPS) is 16.0. The first-order valence-corrected chi connectivity index (χ1v) is 10.1. The molecular formula is C17H26N2O3S. The highest BCUT2D eigenvalue weighted by molar-refractivity contribution is 7.92. The number of carbonyl (C=O) groups is 1. The van der Waals surface area contributed by atoms with Crippen LogP contribution < -0.4 is 10.0 Å². The number of sulfonamides is 1. The van der Waals surface area contributed by atoms with Crippen molar-refractivity contribution in [2.24, 2.45) is 5.92 Å². The van der Waals surface area contributed by atoms with E-state index in [0.717, 1.165) is 18.2 Å². The van der Waals surface area contributed by atoms with E-state index in [-0.39, 0.29) is 5.91 Å². The Morgan fingerprint density at radius 3 is 2.65 bits per heavy atom. The fraction of sp³-hybridized carbons (Fsp3) is 0.588. The molecule has 0 saturated heterocycles. The summed E-state index contributed by atoms with van der Waals surface area (Å²) in [6.45, 7) is 0.419. The Balaban J connectivity index is 1.76. The van der Waals surface area contributed by atoms with Crippen LogP contribution in [0.25, 0.3) is 0 Å². The fourth-order valence-electron chi connectivity index (χ4n) is 3.06. The average molecular weight is 338 g/mol. The van der Waals surface area contributed by atoms with E-state index in [9.17, 15) is 13.2 Å². The molecule has 1 fully saturated rings. The first-order chi connectivity index (χ1) is 10.9. The van der Waals surface area contributed by atoms with Crippen LogP contribution in [0.1, 0.15) is 50.5 Å². The Kier molecular flexibility index (Phi) is 6.45. The maximum Gasteiger partial charge on any atom is 0.229 e. The SMILES string of the molecule is CS(=O)(=O)Nc1cccc(CNC(=O)CCC2CCCCC2)c1. The number of hydrogen-bond acceptors (Lipinski definition) is 3. The van der Waals surface area contributed by atoms with E-state index in [1.165, 1.54) is 32.1 Å². The van der Waals surface area contributed by atoms with Gasteiger partial charge in [0.1, 0.15) is 0 Å². The summed E-state index contributed by atoms with van der Waals surface area (Å²) >= 11 is 0. The molecule has 1 aliphatic carbocycles. The Labute approximate surface area is 138 Å². The van der Waals surface area contributed by atoms with E-state index < -0.39 is 10.0 Å². The number of carbonyl (C=O) groups excluding carboxylic acids is 1. The van der Waals surface area contributed by atoms with Gasteiger partial charge in [-0.1, -0.05) is 44.2 Å². The van der Waals surface area contributed by atoms with Crippen molar-refractivity contribution in [1.82, 2.24) is 5.32 Å². The fourth-order valence-corrected chi connectivity index (χ4v) is 3.61. The van der Waals surface area contributed by atoms with Crippen LogP contribution in [0.3, 0.4) is 0 Å². The van der Waals surface area contributed by atoms with Crippen LogP contribution in [0, 0.1) is 5.92 Å². The molecule has 1 amide bonds. The molecule has 1 aromatic carbocycles. The second-order valence-electron chi connectivity index (χ2n) is 6.39. The summed E-state index contributed by atoms with van der Waals surface area (Å²) < 4.78 is 24.9. The number of anilines is 1. The first kappa shape index (κ1) is 17.8. The van der Waals surface area contributed by atoms with Crippen LogP contribution in [-0.4, -0.2) is 20.6 Å². The van der Waals surface area contributed by atoms with E-state index >= 15 is 0 Å². The molecule has 0 aromatic heterocycles. The van der Waals surface area contributed by atoms with Gasteiger partial charge in [0.15, 0.2) is 0 Å². The van der Waals surface area contributed by atoms with Gasteiger partial charge in [-0.25, -0.2) is 8.42 Å². The molecule has 1 aromatic rings. The molecule has 128 valence electrons. The average Bonchev–Trinajstić information content (AvgIpc) is 2.51. The number of hydrogen-bond donors (Lipinski definition) is 2. The van der Waals surface area contributed by atoms with Crippen molar-refractivity contribution in [2.45, 2.75) is 51.5 Å². The summed E-state index contributed by atoms with van der Waals surface area (Å²) in [4.78, 5) is 12.0. The van der Waals surface area contributed by atoms with E-state index in [2.05, 4.69) is 10.0 Å². The highest BCUT2D eigenvalue weighted by atomic mass is 32.2. The van der Waals surface area contributed by atoms with Gasteiger partial charge in [-0.05, 0) is 30.0 Å². The van der Waals surface area contributed by atoms with Crippen molar-refractivity contribution in [3.05, 3.63) is 29.8 Å². The molecule has 0 heterocycles. The van der Waals surface area contributed by atoms with Crippen LogP contribution in [0.2, 0.25) is 0 Å². The lowest BCUT2D eigenvalue weighted by atomic mass is 9.86. The third kappa shape index (κ3) is 7.03. The predicted octanol–water partition coefficient (Wildman–Crippen LogP) is 3.03. The van der Waals surface area contributed by atoms with Gasteiger partial charge in [0.05, 0.1) is 6.26 Å². The zero-order chi connectivity index (χ0) is 16.7. The van der Waals surface area contributed by atoms with Crippen molar-refractivity contribution in [1.29, 1.82) is 0 Å². The summed E-state index contributed by atoms with van der Waals surface area (Å²) in [6, 6.07) is 7.07. The van der Waals surface area contributed by atoms with Gasteiger partial charge in [-0.2, -0.15) is 0 Å². The van der Waals surface area contributed by atoms with Crippen molar-refractivity contribution in [2.75, 3.05) is 11.0 Å². The quantitative estimate of drug-likeness (QED) is 0.802. The minimum absolute atomic E-state index is 0.0667. The van der Waals surface area contributed by atoms with E-state index in [4.69, 9.17) is 0 Å². The molecule has 0 spiro atoms. The van der Waals surface area contributed by atoms with Crippen LogP contribution in [0.4, 0.5) is 5.69 Å².